The molecule has 0 atom stereocenters. The maximum atomic E-state index is 6.73. The minimum atomic E-state index is 0.896. The molecule has 0 saturated carbocycles. The van der Waals surface area contributed by atoms with Gasteiger partial charge in [-0.05, 0) is 59.7 Å². The lowest BCUT2D eigenvalue weighted by Gasteiger charge is -2.27. The summed E-state index contributed by atoms with van der Waals surface area (Å²) in [4.78, 5) is 2.49. The second-order valence-electron chi connectivity index (χ2n) is 13.6. The fraction of sp³-hybridized carbons (Fsp3) is 0. The highest BCUT2D eigenvalue weighted by molar-refractivity contribution is 7.27. The van der Waals surface area contributed by atoms with Crippen molar-refractivity contribution in [2.24, 2.45) is 0 Å². The molecule has 3 nitrogen and oxygen atoms in total. The van der Waals surface area contributed by atoms with Gasteiger partial charge in [-0.1, -0.05) is 115 Å². The number of fused-ring (bicyclic) bond motifs is 14. The molecule has 248 valence electrons. The van der Waals surface area contributed by atoms with Crippen molar-refractivity contribution in [2.75, 3.05) is 4.90 Å². The summed E-state index contributed by atoms with van der Waals surface area (Å²) >= 11 is 3.66. The zero-order valence-corrected chi connectivity index (χ0v) is 29.8. The summed E-state index contributed by atoms with van der Waals surface area (Å²) in [7, 11) is 0. The van der Waals surface area contributed by atoms with E-state index in [2.05, 4.69) is 169 Å². The molecule has 0 unspecified atom stereocenters. The number of furan rings is 2. The molecule has 12 rings (SSSR count). The maximum Gasteiger partial charge on any atom is 0.144 e. The van der Waals surface area contributed by atoms with Crippen molar-refractivity contribution in [3.63, 3.8) is 0 Å². The molecule has 4 heterocycles. The standard InChI is InChI=1S/C48H27NO2S2/c1-2-12-28(13-3-1)29-22-24-30(25-23-29)49(37-26-35-31-14-4-8-18-39(31)50-45(35)43-33-16-6-10-20-41(33)52-47(37)43)38-27-36-32-15-5-9-19-40(32)51-46(36)44-34-17-7-11-21-42(34)53-48(38)44/h1-27H. The van der Waals surface area contributed by atoms with Gasteiger partial charge in [0.2, 0.25) is 0 Å². The highest BCUT2D eigenvalue weighted by atomic mass is 32.1. The Balaban J connectivity index is 1.26. The first-order valence-corrected chi connectivity index (χ1v) is 19.4. The minimum absolute atomic E-state index is 0.896. The minimum Gasteiger partial charge on any atom is -0.455 e. The van der Waals surface area contributed by atoms with Crippen molar-refractivity contribution in [3.8, 4) is 11.1 Å². The maximum absolute atomic E-state index is 6.73. The van der Waals surface area contributed by atoms with E-state index in [-0.39, 0.29) is 0 Å². The zero-order valence-electron chi connectivity index (χ0n) is 28.2. The van der Waals surface area contributed by atoms with Gasteiger partial charge in [0.25, 0.3) is 0 Å². The van der Waals surface area contributed by atoms with Crippen molar-refractivity contribution in [2.45, 2.75) is 0 Å². The van der Waals surface area contributed by atoms with E-state index in [1.165, 1.54) is 40.7 Å². The van der Waals surface area contributed by atoms with Crippen LogP contribution in [0.25, 0.3) is 95.3 Å². The Hall–Kier alpha value is -6.40. The van der Waals surface area contributed by atoms with Gasteiger partial charge in [0.05, 0.1) is 20.8 Å². The fourth-order valence-electron chi connectivity index (χ4n) is 8.27. The van der Waals surface area contributed by atoms with Crippen LogP contribution < -0.4 is 4.90 Å². The van der Waals surface area contributed by atoms with E-state index >= 15 is 0 Å². The molecule has 0 bridgehead atoms. The Kier molecular flexibility index (Phi) is 6.09. The predicted molar refractivity (Wildman–Crippen MR) is 227 cm³/mol. The van der Waals surface area contributed by atoms with E-state index in [0.717, 1.165) is 71.7 Å². The Bertz CT molecular complexity index is 3210. The normalized spacial score (nSPS) is 12.2. The van der Waals surface area contributed by atoms with E-state index in [4.69, 9.17) is 8.83 Å². The molecular formula is C48H27NO2S2. The molecule has 8 aromatic carbocycles. The Labute approximate surface area is 311 Å². The third kappa shape index (κ3) is 4.20. The third-order valence-corrected chi connectivity index (χ3v) is 13.0. The van der Waals surface area contributed by atoms with Gasteiger partial charge in [-0.3, -0.25) is 0 Å². The van der Waals surface area contributed by atoms with Crippen LogP contribution in [0.4, 0.5) is 17.1 Å². The van der Waals surface area contributed by atoms with Crippen LogP contribution in [0.5, 0.6) is 0 Å². The highest BCUT2D eigenvalue weighted by Gasteiger charge is 2.27. The van der Waals surface area contributed by atoms with Crippen LogP contribution in [0, 0.1) is 0 Å². The van der Waals surface area contributed by atoms with Crippen LogP contribution in [0.3, 0.4) is 0 Å². The van der Waals surface area contributed by atoms with E-state index in [0.29, 0.717) is 0 Å². The van der Waals surface area contributed by atoms with Gasteiger partial charge >= 0.3 is 0 Å². The third-order valence-electron chi connectivity index (χ3n) is 10.7. The quantitative estimate of drug-likeness (QED) is 0.182. The summed E-state index contributed by atoms with van der Waals surface area (Å²) in [6, 6.07) is 58.7. The summed E-state index contributed by atoms with van der Waals surface area (Å²) in [5, 5.41) is 9.18. The Morgan fingerprint density at radius 2 is 0.811 bits per heavy atom. The van der Waals surface area contributed by atoms with Gasteiger partial charge in [-0.2, -0.15) is 0 Å². The van der Waals surface area contributed by atoms with Gasteiger partial charge in [0, 0.05) is 58.2 Å². The number of anilines is 3. The molecule has 0 aliphatic rings. The van der Waals surface area contributed by atoms with Crippen molar-refractivity contribution < 1.29 is 8.83 Å². The molecule has 4 aromatic heterocycles. The van der Waals surface area contributed by atoms with E-state index in [1.807, 2.05) is 22.7 Å². The topological polar surface area (TPSA) is 29.5 Å². The van der Waals surface area contributed by atoms with E-state index < -0.39 is 0 Å². The molecule has 0 amide bonds. The predicted octanol–water partition coefficient (Wildman–Crippen LogP) is 15.4. The number of rotatable bonds is 4. The second-order valence-corrected chi connectivity index (χ2v) is 15.7. The smallest absolute Gasteiger partial charge is 0.144 e. The molecule has 53 heavy (non-hydrogen) atoms. The van der Waals surface area contributed by atoms with Gasteiger partial charge < -0.3 is 13.7 Å². The van der Waals surface area contributed by atoms with E-state index in [1.54, 1.807) is 0 Å². The lowest BCUT2D eigenvalue weighted by Crippen LogP contribution is -2.10. The molecule has 0 saturated heterocycles. The lowest BCUT2D eigenvalue weighted by atomic mass is 10.0. The molecule has 0 fully saturated rings. The summed E-state index contributed by atoms with van der Waals surface area (Å²) < 4.78 is 18.3. The number of benzene rings is 8. The molecular weight excluding hydrogens is 687 g/mol. The van der Waals surface area contributed by atoms with Crippen LogP contribution in [-0.2, 0) is 0 Å². The average Bonchev–Trinajstić information content (AvgIpc) is 3.99. The number of para-hydroxylation sites is 2. The van der Waals surface area contributed by atoms with Gasteiger partial charge in [0.1, 0.15) is 22.3 Å². The number of nitrogens with zero attached hydrogens (tertiary/aromatic N) is 1. The van der Waals surface area contributed by atoms with Crippen LogP contribution in [-0.4, -0.2) is 0 Å². The van der Waals surface area contributed by atoms with Crippen LogP contribution >= 0.6 is 22.7 Å². The SMILES string of the molecule is c1ccc(-c2ccc(N(c3cc4c5ccccc5oc4c4c3sc3ccccc34)c3cc4c5ccccc5oc4c4c3sc3ccccc34)cc2)cc1. The first-order chi connectivity index (χ1) is 26.3. The lowest BCUT2D eigenvalue weighted by molar-refractivity contribution is 0.672. The number of thiophene rings is 2. The molecule has 0 N–H and O–H groups in total. The van der Waals surface area contributed by atoms with Crippen molar-refractivity contribution >= 4 is 124 Å². The highest BCUT2D eigenvalue weighted by Crippen LogP contribution is 2.54. The first-order valence-electron chi connectivity index (χ1n) is 17.7. The average molecular weight is 714 g/mol. The van der Waals surface area contributed by atoms with Crippen molar-refractivity contribution in [1.82, 2.24) is 0 Å². The van der Waals surface area contributed by atoms with Crippen LogP contribution in [0.2, 0.25) is 0 Å². The molecule has 5 heteroatoms. The molecule has 12 aromatic rings. The van der Waals surface area contributed by atoms with Crippen molar-refractivity contribution in [3.05, 3.63) is 164 Å². The largest absolute Gasteiger partial charge is 0.455 e. The summed E-state index contributed by atoms with van der Waals surface area (Å²) in [5.74, 6) is 0. The second kappa shape index (κ2) is 11.1. The van der Waals surface area contributed by atoms with Crippen molar-refractivity contribution in [1.29, 1.82) is 0 Å². The summed E-state index contributed by atoms with van der Waals surface area (Å²) in [6.07, 6.45) is 0. The van der Waals surface area contributed by atoms with E-state index in [9.17, 15) is 0 Å². The number of hydrogen-bond acceptors (Lipinski definition) is 5. The van der Waals surface area contributed by atoms with Gasteiger partial charge in [0.15, 0.2) is 0 Å². The molecule has 0 aliphatic carbocycles. The molecule has 0 spiro atoms. The monoisotopic (exact) mass is 713 g/mol. The van der Waals surface area contributed by atoms with Crippen LogP contribution in [0.15, 0.2) is 173 Å². The van der Waals surface area contributed by atoms with Gasteiger partial charge in [-0.25, -0.2) is 0 Å². The molecule has 0 aliphatic heterocycles. The van der Waals surface area contributed by atoms with Crippen LogP contribution in [0.1, 0.15) is 0 Å². The van der Waals surface area contributed by atoms with Gasteiger partial charge in [-0.15, -0.1) is 22.7 Å². The summed E-state index contributed by atoms with van der Waals surface area (Å²) in [6.45, 7) is 0. The first kappa shape index (κ1) is 29.2. The summed E-state index contributed by atoms with van der Waals surface area (Å²) in [5.41, 5.74) is 9.37. The fourth-order valence-corrected chi connectivity index (χ4v) is 10.7. The Morgan fingerprint density at radius 1 is 0.377 bits per heavy atom. The Morgan fingerprint density at radius 3 is 1.34 bits per heavy atom. The zero-order chi connectivity index (χ0) is 34.6. The molecule has 0 radical (unpaired) electrons. The number of hydrogen-bond donors (Lipinski definition) is 0.